The third kappa shape index (κ3) is 4.85. The van der Waals surface area contributed by atoms with Crippen LogP contribution in [-0.2, 0) is 24.3 Å². The van der Waals surface area contributed by atoms with Crippen molar-refractivity contribution < 1.29 is 4.79 Å². The second kappa shape index (κ2) is 10.6. The number of H-pyrrole nitrogens is 1. The van der Waals surface area contributed by atoms with E-state index in [0.717, 1.165) is 60.4 Å². The van der Waals surface area contributed by atoms with Gasteiger partial charge in [-0.1, -0.05) is 55.5 Å². The number of nitrogens with zero attached hydrogens (tertiary/aromatic N) is 7. The van der Waals surface area contributed by atoms with E-state index in [4.69, 9.17) is 4.98 Å². The number of aromatic nitrogens is 7. The van der Waals surface area contributed by atoms with Crippen molar-refractivity contribution in [2.45, 2.75) is 45.7 Å². The van der Waals surface area contributed by atoms with Crippen LogP contribution >= 0.6 is 0 Å². The number of hydrogen-bond acceptors (Lipinski definition) is 6. The average Bonchev–Trinajstić information content (AvgIpc) is 3.64. The molecule has 3 aromatic heterocycles. The number of amides is 1. The Morgan fingerprint density at radius 3 is 2.46 bits per heavy atom. The second-order valence-corrected chi connectivity index (χ2v) is 9.87. The molecule has 10 nitrogen and oxygen atoms in total. The normalized spacial score (nSPS) is 13.7. The number of carbonyl (C=O) groups excluding carboxylic acids is 1. The van der Waals surface area contributed by atoms with E-state index in [0.29, 0.717) is 29.8 Å². The summed E-state index contributed by atoms with van der Waals surface area (Å²) in [5.41, 5.74) is 4.99. The van der Waals surface area contributed by atoms with Crippen LogP contribution in [0.15, 0.2) is 65.6 Å². The van der Waals surface area contributed by atoms with Crippen LogP contribution in [0.5, 0.6) is 0 Å². The molecular weight excluding hydrogens is 492 g/mol. The first-order chi connectivity index (χ1) is 19.1. The summed E-state index contributed by atoms with van der Waals surface area (Å²) in [7, 11) is 0. The number of pyridine rings is 1. The number of hydrogen-bond donors (Lipinski definition) is 1. The summed E-state index contributed by atoms with van der Waals surface area (Å²) in [5, 5.41) is 14.5. The van der Waals surface area contributed by atoms with E-state index in [-0.39, 0.29) is 18.0 Å². The fourth-order valence-electron chi connectivity index (χ4n) is 5.36. The molecule has 0 atom stereocenters. The highest BCUT2D eigenvalue weighted by atomic mass is 16.2. The van der Waals surface area contributed by atoms with Crippen molar-refractivity contribution in [3.8, 4) is 22.5 Å². The van der Waals surface area contributed by atoms with Gasteiger partial charge in [-0.05, 0) is 47.2 Å². The van der Waals surface area contributed by atoms with Crippen molar-refractivity contribution >= 4 is 16.9 Å². The fraction of sp³-hybridized carbons (Fsp3) is 0.310. The zero-order valence-electron chi connectivity index (χ0n) is 21.9. The van der Waals surface area contributed by atoms with Crippen LogP contribution in [0.2, 0.25) is 0 Å². The number of piperidine rings is 1. The maximum Gasteiger partial charge on any atom is 0.277 e. The van der Waals surface area contributed by atoms with Gasteiger partial charge in [-0.3, -0.25) is 9.59 Å². The number of likely N-dealkylation sites (tertiary alicyclic amines) is 1. The van der Waals surface area contributed by atoms with E-state index >= 15 is 0 Å². The summed E-state index contributed by atoms with van der Waals surface area (Å²) in [6.45, 7) is 4.13. The number of aryl methyl sites for hydroxylation is 1. The standard InChI is InChI=1S/C29H30N8O2/c1-2-25-30-24-14-17-36(19-26(38)35-15-6-3-7-16-35)29(39)27(24)37(25)18-20-10-12-21(13-11-20)22-8-4-5-9-23(22)28-31-33-34-32-28/h4-5,8-14,17H,2-3,6-7,15-16,18-19H2,1H3,(H,31,32,33,34). The van der Waals surface area contributed by atoms with Crippen molar-refractivity contribution in [1.29, 1.82) is 0 Å². The number of imidazole rings is 1. The summed E-state index contributed by atoms with van der Waals surface area (Å²) in [5.74, 6) is 1.38. The van der Waals surface area contributed by atoms with E-state index in [9.17, 15) is 9.59 Å². The molecule has 6 rings (SSSR count). The minimum atomic E-state index is -0.185. The Hall–Kier alpha value is -4.60. The van der Waals surface area contributed by atoms with E-state index in [2.05, 4.69) is 44.9 Å². The Labute approximate surface area is 225 Å². The SMILES string of the molecule is CCc1nc2ccn(CC(=O)N3CCCCC3)c(=O)c2n1Cc1ccc(-c2ccccc2-c2nn[nH]n2)cc1. The largest absolute Gasteiger partial charge is 0.341 e. The van der Waals surface area contributed by atoms with Crippen LogP contribution < -0.4 is 5.56 Å². The van der Waals surface area contributed by atoms with E-state index in [1.807, 2.05) is 46.7 Å². The lowest BCUT2D eigenvalue weighted by atomic mass is 9.98. The van der Waals surface area contributed by atoms with E-state index in [1.54, 1.807) is 6.20 Å². The minimum Gasteiger partial charge on any atom is -0.341 e. The van der Waals surface area contributed by atoms with Crippen molar-refractivity contribution in [2.24, 2.45) is 0 Å². The van der Waals surface area contributed by atoms with Gasteiger partial charge in [0.15, 0.2) is 0 Å². The third-order valence-electron chi connectivity index (χ3n) is 7.40. The first kappa shape index (κ1) is 24.7. The van der Waals surface area contributed by atoms with E-state index in [1.165, 1.54) is 4.57 Å². The molecule has 0 aliphatic carbocycles. The third-order valence-corrected chi connectivity index (χ3v) is 7.40. The number of carbonyl (C=O) groups is 1. The highest BCUT2D eigenvalue weighted by Crippen LogP contribution is 2.30. The fourth-order valence-corrected chi connectivity index (χ4v) is 5.36. The molecule has 10 heteroatoms. The maximum absolute atomic E-state index is 13.6. The zero-order valence-corrected chi connectivity index (χ0v) is 21.9. The molecule has 0 bridgehead atoms. The van der Waals surface area contributed by atoms with Gasteiger partial charge in [-0.2, -0.15) is 5.21 Å². The highest BCUT2D eigenvalue weighted by Gasteiger charge is 2.20. The Morgan fingerprint density at radius 1 is 0.974 bits per heavy atom. The van der Waals surface area contributed by atoms with Gasteiger partial charge in [0, 0.05) is 37.8 Å². The molecule has 1 saturated heterocycles. The Kier molecular flexibility index (Phi) is 6.75. The highest BCUT2D eigenvalue weighted by molar-refractivity contribution is 5.80. The predicted octanol–water partition coefficient (Wildman–Crippen LogP) is 3.67. The Bertz CT molecular complexity index is 1660. The summed E-state index contributed by atoms with van der Waals surface area (Å²) >= 11 is 0. The summed E-state index contributed by atoms with van der Waals surface area (Å²) in [6.07, 6.45) is 5.58. The molecule has 5 aromatic rings. The molecule has 0 spiro atoms. The van der Waals surface area contributed by atoms with Gasteiger partial charge in [-0.25, -0.2) is 4.98 Å². The predicted molar refractivity (Wildman–Crippen MR) is 148 cm³/mol. The van der Waals surface area contributed by atoms with Gasteiger partial charge in [0.05, 0.1) is 5.52 Å². The molecule has 198 valence electrons. The molecular formula is C29H30N8O2. The Morgan fingerprint density at radius 2 is 1.74 bits per heavy atom. The van der Waals surface area contributed by atoms with Gasteiger partial charge in [0.1, 0.15) is 17.9 Å². The average molecular weight is 523 g/mol. The number of aromatic amines is 1. The van der Waals surface area contributed by atoms with Gasteiger partial charge >= 0.3 is 0 Å². The van der Waals surface area contributed by atoms with Crippen molar-refractivity contribution in [3.63, 3.8) is 0 Å². The molecule has 1 aliphatic heterocycles. The molecule has 1 aliphatic rings. The van der Waals surface area contributed by atoms with Crippen LogP contribution in [0, 0.1) is 0 Å². The van der Waals surface area contributed by atoms with Crippen LogP contribution in [0.4, 0.5) is 0 Å². The number of nitrogens with one attached hydrogen (secondary N) is 1. The summed E-state index contributed by atoms with van der Waals surface area (Å²) < 4.78 is 3.51. The molecule has 1 fully saturated rings. The van der Waals surface area contributed by atoms with Gasteiger partial charge < -0.3 is 14.0 Å². The van der Waals surface area contributed by atoms with Crippen LogP contribution in [0.3, 0.4) is 0 Å². The molecule has 4 heterocycles. The van der Waals surface area contributed by atoms with Crippen molar-refractivity contribution in [1.82, 2.24) is 39.6 Å². The summed E-state index contributed by atoms with van der Waals surface area (Å²) in [6, 6.07) is 18.0. The molecule has 1 N–H and O–H groups in total. The number of benzene rings is 2. The monoisotopic (exact) mass is 522 g/mol. The van der Waals surface area contributed by atoms with Gasteiger partial charge in [0.25, 0.3) is 5.56 Å². The second-order valence-electron chi connectivity index (χ2n) is 9.87. The first-order valence-electron chi connectivity index (χ1n) is 13.4. The first-order valence-corrected chi connectivity index (χ1v) is 13.4. The van der Waals surface area contributed by atoms with Crippen LogP contribution in [-0.4, -0.2) is 58.6 Å². The summed E-state index contributed by atoms with van der Waals surface area (Å²) in [4.78, 5) is 33.1. The lowest BCUT2D eigenvalue weighted by Crippen LogP contribution is -2.39. The molecule has 0 saturated carbocycles. The van der Waals surface area contributed by atoms with Crippen molar-refractivity contribution in [3.05, 3.63) is 82.5 Å². The molecule has 0 unspecified atom stereocenters. The minimum absolute atomic E-state index is 0.00498. The van der Waals surface area contributed by atoms with Gasteiger partial charge in [0.2, 0.25) is 11.7 Å². The molecule has 1 amide bonds. The van der Waals surface area contributed by atoms with Crippen LogP contribution in [0.25, 0.3) is 33.5 Å². The Balaban J connectivity index is 1.30. The topological polar surface area (TPSA) is 115 Å². The smallest absolute Gasteiger partial charge is 0.277 e. The maximum atomic E-state index is 13.6. The number of rotatable bonds is 7. The number of tetrazole rings is 1. The lowest BCUT2D eigenvalue weighted by Gasteiger charge is -2.26. The van der Waals surface area contributed by atoms with Gasteiger partial charge in [-0.15, -0.1) is 10.2 Å². The quantitative estimate of drug-likeness (QED) is 0.349. The van der Waals surface area contributed by atoms with Crippen LogP contribution in [0.1, 0.15) is 37.6 Å². The number of fused-ring (bicyclic) bond motifs is 1. The van der Waals surface area contributed by atoms with E-state index < -0.39 is 0 Å². The van der Waals surface area contributed by atoms with Crippen molar-refractivity contribution in [2.75, 3.05) is 13.1 Å². The zero-order chi connectivity index (χ0) is 26.8. The lowest BCUT2D eigenvalue weighted by molar-refractivity contribution is -0.132. The molecule has 0 radical (unpaired) electrons. The molecule has 39 heavy (non-hydrogen) atoms. The molecule has 2 aromatic carbocycles.